The first kappa shape index (κ1) is 28.2. The summed E-state index contributed by atoms with van der Waals surface area (Å²) in [4.78, 5) is 32.9. The van der Waals surface area contributed by atoms with E-state index in [0.717, 1.165) is 12.0 Å². The molecule has 3 atom stereocenters. The summed E-state index contributed by atoms with van der Waals surface area (Å²) in [5.74, 6) is 5.74. The molecule has 37 heavy (non-hydrogen) atoms. The van der Waals surface area contributed by atoms with Gasteiger partial charge in [-0.1, -0.05) is 44.7 Å². The van der Waals surface area contributed by atoms with Crippen molar-refractivity contribution in [3.63, 3.8) is 0 Å². The van der Waals surface area contributed by atoms with Crippen LogP contribution in [0.5, 0.6) is 5.88 Å². The van der Waals surface area contributed by atoms with Crippen molar-refractivity contribution in [3.05, 3.63) is 58.8 Å². The molecule has 0 saturated carbocycles. The maximum atomic E-state index is 13.5. The number of likely N-dealkylation sites (N-methyl/N-ethyl adjacent to an activating group) is 1. The molecule has 2 N–H and O–H groups in total. The molecular formula is C29H37N3O5. The lowest BCUT2D eigenvalue weighted by Crippen LogP contribution is -2.49. The maximum Gasteiger partial charge on any atom is 0.335 e. The van der Waals surface area contributed by atoms with E-state index in [1.54, 1.807) is 29.3 Å². The molecule has 8 nitrogen and oxygen atoms in total. The van der Waals surface area contributed by atoms with Crippen LogP contribution < -0.4 is 4.74 Å². The number of carboxylic acids is 1. The molecule has 198 valence electrons. The number of carbonyl (C=O) groups excluding carboxylic acids is 1. The van der Waals surface area contributed by atoms with Gasteiger partial charge in [-0.05, 0) is 43.7 Å². The standard InChI is InChI=1S/C29H37N3O5/c1-19(2)7-6-8-23-13-25-27(30-14-23)37-26(20(3)15-32(28(25)34)21(4)18-33)17-31(5)16-22-9-11-24(12-10-22)29(35)36/h9-14,19-21,26,33H,7,15-18H2,1-5H3,(H,35,36)/t20-,21-,26+/m1/s1. The van der Waals surface area contributed by atoms with Crippen molar-refractivity contribution in [2.24, 2.45) is 11.8 Å². The van der Waals surface area contributed by atoms with Crippen molar-refractivity contribution < 1.29 is 24.5 Å². The number of carbonyl (C=O) groups is 2. The highest BCUT2D eigenvalue weighted by molar-refractivity contribution is 5.97. The van der Waals surface area contributed by atoms with Crippen LogP contribution in [-0.4, -0.2) is 75.8 Å². The van der Waals surface area contributed by atoms with Gasteiger partial charge in [0.25, 0.3) is 5.91 Å². The van der Waals surface area contributed by atoms with Crippen LogP contribution in [0.15, 0.2) is 36.5 Å². The summed E-state index contributed by atoms with van der Waals surface area (Å²) in [6, 6.07) is 8.19. The Bertz CT molecular complexity index is 1150. The summed E-state index contributed by atoms with van der Waals surface area (Å²) in [5, 5.41) is 19.0. The molecule has 1 aliphatic rings. The molecule has 0 aliphatic carbocycles. The predicted octanol–water partition coefficient (Wildman–Crippen LogP) is 3.53. The van der Waals surface area contributed by atoms with Crippen LogP contribution in [0.3, 0.4) is 0 Å². The highest BCUT2D eigenvalue weighted by Gasteiger charge is 2.34. The van der Waals surface area contributed by atoms with Crippen molar-refractivity contribution in [1.82, 2.24) is 14.8 Å². The van der Waals surface area contributed by atoms with Crippen molar-refractivity contribution >= 4 is 11.9 Å². The Morgan fingerprint density at radius 2 is 1.97 bits per heavy atom. The zero-order valence-corrected chi connectivity index (χ0v) is 22.3. The normalized spacial score (nSPS) is 18.4. The first-order valence-electron chi connectivity index (χ1n) is 12.7. The zero-order valence-electron chi connectivity index (χ0n) is 22.3. The van der Waals surface area contributed by atoms with E-state index in [0.29, 0.717) is 36.7 Å². The van der Waals surface area contributed by atoms with Gasteiger partial charge in [-0.25, -0.2) is 9.78 Å². The minimum absolute atomic E-state index is 0.0322. The van der Waals surface area contributed by atoms with Crippen molar-refractivity contribution in [1.29, 1.82) is 0 Å². The molecule has 1 aliphatic heterocycles. The van der Waals surface area contributed by atoms with Crippen LogP contribution >= 0.6 is 0 Å². The molecule has 0 radical (unpaired) electrons. The third-order valence-corrected chi connectivity index (χ3v) is 6.41. The maximum absolute atomic E-state index is 13.5. The van der Waals surface area contributed by atoms with Gasteiger partial charge in [-0.2, -0.15) is 0 Å². The molecule has 0 saturated heterocycles. The second-order valence-electron chi connectivity index (χ2n) is 10.3. The van der Waals surface area contributed by atoms with E-state index in [1.165, 1.54) is 0 Å². The number of nitrogens with zero attached hydrogens (tertiary/aromatic N) is 3. The Kier molecular flexibility index (Phi) is 9.67. The van der Waals surface area contributed by atoms with Gasteiger partial charge in [-0.3, -0.25) is 9.69 Å². The number of aliphatic hydroxyl groups excluding tert-OH is 1. The number of hydrogen-bond donors (Lipinski definition) is 2. The number of aromatic carboxylic acids is 1. The van der Waals surface area contributed by atoms with E-state index < -0.39 is 5.97 Å². The average Bonchev–Trinajstić information content (AvgIpc) is 2.86. The highest BCUT2D eigenvalue weighted by Crippen LogP contribution is 2.27. The Balaban J connectivity index is 1.86. The van der Waals surface area contributed by atoms with Gasteiger partial charge in [0.1, 0.15) is 11.7 Å². The number of rotatable bonds is 8. The molecular weight excluding hydrogens is 470 g/mol. The number of fused-ring (bicyclic) bond motifs is 1. The van der Waals surface area contributed by atoms with Gasteiger partial charge in [0.05, 0.1) is 18.2 Å². The summed E-state index contributed by atoms with van der Waals surface area (Å²) in [6.45, 7) is 9.50. The topological polar surface area (TPSA) is 103 Å². The minimum atomic E-state index is -0.951. The molecule has 2 heterocycles. The first-order chi connectivity index (χ1) is 17.6. The molecule has 0 bridgehead atoms. The molecule has 0 fully saturated rings. The molecule has 3 rings (SSSR count). The van der Waals surface area contributed by atoms with Gasteiger partial charge in [0.2, 0.25) is 5.88 Å². The van der Waals surface area contributed by atoms with Crippen LogP contribution in [0.1, 0.15) is 66.0 Å². The second-order valence-corrected chi connectivity index (χ2v) is 10.3. The van der Waals surface area contributed by atoms with Crippen LogP contribution in [-0.2, 0) is 6.54 Å². The summed E-state index contributed by atoms with van der Waals surface area (Å²) in [7, 11) is 1.97. The summed E-state index contributed by atoms with van der Waals surface area (Å²) >= 11 is 0. The highest BCUT2D eigenvalue weighted by atomic mass is 16.5. The van der Waals surface area contributed by atoms with E-state index in [2.05, 4.69) is 35.6 Å². The van der Waals surface area contributed by atoms with Crippen LogP contribution in [0.4, 0.5) is 0 Å². The number of pyridine rings is 1. The number of hydrogen-bond acceptors (Lipinski definition) is 6. The summed E-state index contributed by atoms with van der Waals surface area (Å²) in [5.41, 5.74) is 2.24. The molecule has 0 unspecified atom stereocenters. The fourth-order valence-corrected chi connectivity index (χ4v) is 4.18. The Morgan fingerprint density at radius 1 is 1.27 bits per heavy atom. The average molecular weight is 508 g/mol. The third-order valence-electron chi connectivity index (χ3n) is 6.41. The van der Waals surface area contributed by atoms with Crippen LogP contribution in [0.25, 0.3) is 0 Å². The number of benzene rings is 1. The molecule has 8 heteroatoms. The fraction of sp³-hybridized carbons (Fsp3) is 0.483. The van der Waals surface area contributed by atoms with Gasteiger partial charge < -0.3 is 19.8 Å². The van der Waals surface area contributed by atoms with Gasteiger partial charge in [0.15, 0.2) is 0 Å². The summed E-state index contributed by atoms with van der Waals surface area (Å²) in [6.07, 6.45) is 2.12. The predicted molar refractivity (Wildman–Crippen MR) is 141 cm³/mol. The zero-order chi connectivity index (χ0) is 27.1. The number of amides is 1. The van der Waals surface area contributed by atoms with Gasteiger partial charge in [0, 0.05) is 43.7 Å². The van der Waals surface area contributed by atoms with Crippen molar-refractivity contribution in [2.75, 3.05) is 26.7 Å². The molecule has 1 aromatic carbocycles. The van der Waals surface area contributed by atoms with Gasteiger partial charge in [-0.15, -0.1) is 0 Å². The minimum Gasteiger partial charge on any atom is -0.478 e. The quantitative estimate of drug-likeness (QED) is 0.527. The Morgan fingerprint density at radius 3 is 2.59 bits per heavy atom. The Hall–Kier alpha value is -3.41. The van der Waals surface area contributed by atoms with E-state index >= 15 is 0 Å². The monoisotopic (exact) mass is 507 g/mol. The lowest BCUT2D eigenvalue weighted by Gasteiger charge is -2.37. The Labute approximate surface area is 219 Å². The summed E-state index contributed by atoms with van der Waals surface area (Å²) < 4.78 is 6.35. The second kappa shape index (κ2) is 12.7. The van der Waals surface area contributed by atoms with E-state index in [4.69, 9.17) is 9.84 Å². The van der Waals surface area contributed by atoms with Crippen molar-refractivity contribution in [3.8, 4) is 17.7 Å². The number of carboxylic acid groups (broad SMARTS) is 1. The number of ether oxygens (including phenoxy) is 1. The SMILES string of the molecule is CC(C)CC#Cc1cnc2c(c1)C(=O)N([C@H](C)CO)C[C@@H](C)[C@H](CN(C)Cc1ccc(C(=O)O)cc1)O2. The van der Waals surface area contributed by atoms with Gasteiger partial charge >= 0.3 is 5.97 Å². The van der Waals surface area contributed by atoms with Crippen LogP contribution in [0.2, 0.25) is 0 Å². The van der Waals surface area contributed by atoms with E-state index in [9.17, 15) is 14.7 Å². The van der Waals surface area contributed by atoms with Crippen LogP contribution in [0, 0.1) is 23.7 Å². The molecule has 2 aromatic rings. The van der Waals surface area contributed by atoms with E-state index in [-0.39, 0.29) is 42.0 Å². The molecule has 0 spiro atoms. The van der Waals surface area contributed by atoms with E-state index in [1.807, 2.05) is 33.0 Å². The van der Waals surface area contributed by atoms with Crippen molar-refractivity contribution in [2.45, 2.75) is 52.8 Å². The lowest BCUT2D eigenvalue weighted by atomic mass is 9.99. The molecule has 1 aromatic heterocycles. The number of aliphatic hydroxyl groups is 1. The fourth-order valence-electron chi connectivity index (χ4n) is 4.18. The smallest absolute Gasteiger partial charge is 0.335 e. The lowest BCUT2D eigenvalue weighted by molar-refractivity contribution is 0.0325. The first-order valence-corrected chi connectivity index (χ1v) is 12.7. The third kappa shape index (κ3) is 7.54. The molecule has 1 amide bonds. The largest absolute Gasteiger partial charge is 0.478 e. The number of aromatic nitrogens is 1.